The van der Waals surface area contributed by atoms with Crippen molar-refractivity contribution < 1.29 is 19.1 Å². The Kier molecular flexibility index (Phi) is 4.74. The summed E-state index contributed by atoms with van der Waals surface area (Å²) in [5.41, 5.74) is -0.0733. The first-order chi connectivity index (χ1) is 10.8. The molecule has 0 aliphatic heterocycles. The number of ketones is 2. The minimum atomic E-state index is -1.20. The van der Waals surface area contributed by atoms with Crippen LogP contribution in [0.5, 0.6) is 0 Å². The molecule has 0 radical (unpaired) electrons. The van der Waals surface area contributed by atoms with Crippen LogP contribution in [0.4, 0.5) is 0 Å². The Bertz CT molecular complexity index is 851. The fraction of sp³-hybridized carbons (Fsp3) is 0.400. The average Bonchev–Trinajstić information content (AvgIpc) is 2.79. The number of hydrogen-bond acceptors (Lipinski definition) is 7. The van der Waals surface area contributed by atoms with Crippen molar-refractivity contribution in [3.8, 4) is 0 Å². The number of nitrogens with zero attached hydrogens (tertiary/aromatic N) is 2. The van der Waals surface area contributed by atoms with Crippen LogP contribution in [0.1, 0.15) is 42.0 Å². The van der Waals surface area contributed by atoms with Gasteiger partial charge in [-0.05, 0) is 33.3 Å². The van der Waals surface area contributed by atoms with Gasteiger partial charge in [-0.2, -0.15) is 0 Å². The van der Waals surface area contributed by atoms with E-state index >= 15 is 0 Å². The lowest BCUT2D eigenvalue weighted by Crippen LogP contribution is -2.33. The highest BCUT2D eigenvalue weighted by Gasteiger charge is 2.26. The van der Waals surface area contributed by atoms with Crippen LogP contribution in [-0.2, 0) is 14.3 Å². The van der Waals surface area contributed by atoms with Gasteiger partial charge in [0.1, 0.15) is 16.0 Å². The van der Waals surface area contributed by atoms with Gasteiger partial charge in [-0.25, -0.2) is 9.78 Å². The summed E-state index contributed by atoms with van der Waals surface area (Å²) in [4.78, 5) is 52.7. The Hall–Kier alpha value is -2.35. The number of esters is 1. The normalized spacial score (nSPS) is 11.0. The second kappa shape index (κ2) is 6.41. The van der Waals surface area contributed by atoms with Crippen LogP contribution >= 0.6 is 11.3 Å². The smallest absolute Gasteiger partial charge is 0.348 e. The molecule has 2 heterocycles. The molecule has 122 valence electrons. The van der Waals surface area contributed by atoms with Gasteiger partial charge in [-0.3, -0.25) is 19.0 Å². The van der Waals surface area contributed by atoms with Crippen LogP contribution in [0.2, 0.25) is 0 Å². The van der Waals surface area contributed by atoms with Crippen LogP contribution in [0.15, 0.2) is 11.1 Å². The minimum Gasteiger partial charge on any atom is -0.462 e. The second-order valence-electron chi connectivity index (χ2n) is 5.04. The fourth-order valence-electron chi connectivity index (χ4n) is 2.39. The third-order valence-corrected chi connectivity index (χ3v) is 4.56. The molecule has 0 aliphatic rings. The van der Waals surface area contributed by atoms with E-state index in [1.165, 1.54) is 20.2 Å². The lowest BCUT2D eigenvalue weighted by Gasteiger charge is -2.13. The first-order valence-electron chi connectivity index (χ1n) is 6.97. The maximum atomic E-state index is 12.7. The van der Waals surface area contributed by atoms with Crippen molar-refractivity contribution in [3.63, 3.8) is 0 Å². The number of aryl methyl sites for hydroxylation is 1. The topological polar surface area (TPSA) is 95.3 Å². The number of thiophene rings is 1. The highest BCUT2D eigenvalue weighted by molar-refractivity contribution is 7.20. The molecule has 0 N–H and O–H groups in total. The number of Topliss-reactive ketones (excluding diaryl/α,β-unsaturated/α-hetero) is 2. The van der Waals surface area contributed by atoms with E-state index in [0.717, 1.165) is 15.9 Å². The monoisotopic (exact) mass is 336 g/mol. The van der Waals surface area contributed by atoms with Gasteiger partial charge < -0.3 is 4.74 Å². The molecule has 0 aromatic carbocycles. The van der Waals surface area contributed by atoms with Crippen molar-refractivity contribution in [1.82, 2.24) is 9.55 Å². The molecule has 2 rings (SSSR count). The van der Waals surface area contributed by atoms with Crippen molar-refractivity contribution in [2.45, 2.75) is 33.7 Å². The number of ether oxygens (including phenoxy) is 1. The van der Waals surface area contributed by atoms with Gasteiger partial charge >= 0.3 is 5.97 Å². The molecule has 0 unspecified atom stereocenters. The molecule has 0 atom stereocenters. The van der Waals surface area contributed by atoms with Crippen molar-refractivity contribution in [2.24, 2.45) is 0 Å². The average molecular weight is 336 g/mol. The molecule has 0 bridgehead atoms. The number of hydrogen-bond donors (Lipinski definition) is 0. The predicted molar refractivity (Wildman–Crippen MR) is 85.0 cm³/mol. The van der Waals surface area contributed by atoms with Gasteiger partial charge in [0.15, 0.2) is 17.6 Å². The second-order valence-corrected chi connectivity index (χ2v) is 6.04. The zero-order chi connectivity index (χ0) is 17.3. The number of aromatic nitrogens is 2. The number of rotatable bonds is 5. The molecule has 2 aromatic rings. The van der Waals surface area contributed by atoms with E-state index < -0.39 is 29.1 Å². The Morgan fingerprint density at radius 3 is 2.43 bits per heavy atom. The third kappa shape index (κ3) is 2.94. The van der Waals surface area contributed by atoms with E-state index in [1.54, 1.807) is 13.8 Å². The molecule has 8 heteroatoms. The molecule has 0 saturated heterocycles. The SMILES string of the molecule is CCOC(=O)c1sc2ncn(C(C(C)=O)C(C)=O)c(=O)c2c1C. The number of fused-ring (bicyclic) bond motifs is 1. The molecule has 0 spiro atoms. The fourth-order valence-corrected chi connectivity index (χ4v) is 3.42. The van der Waals surface area contributed by atoms with E-state index in [4.69, 9.17) is 4.74 Å². The first-order valence-corrected chi connectivity index (χ1v) is 7.79. The molecule has 2 aromatic heterocycles. The van der Waals surface area contributed by atoms with Crippen LogP contribution in [0.25, 0.3) is 10.2 Å². The maximum Gasteiger partial charge on any atom is 0.348 e. The molecule has 0 saturated carbocycles. The zero-order valence-corrected chi connectivity index (χ0v) is 14.0. The van der Waals surface area contributed by atoms with Crippen LogP contribution in [-0.4, -0.2) is 33.7 Å². The van der Waals surface area contributed by atoms with Crippen LogP contribution in [0, 0.1) is 6.92 Å². The summed E-state index contributed by atoms with van der Waals surface area (Å²) in [7, 11) is 0. The van der Waals surface area contributed by atoms with E-state index in [1.807, 2.05) is 0 Å². The Morgan fingerprint density at radius 2 is 1.91 bits per heavy atom. The summed E-state index contributed by atoms with van der Waals surface area (Å²) in [6.45, 7) is 6.02. The van der Waals surface area contributed by atoms with Gasteiger partial charge in [0.05, 0.1) is 12.0 Å². The summed E-state index contributed by atoms with van der Waals surface area (Å²) in [6.07, 6.45) is 1.17. The van der Waals surface area contributed by atoms with Gasteiger partial charge in [-0.15, -0.1) is 11.3 Å². The molecule has 0 amide bonds. The molecule has 0 aliphatic carbocycles. The van der Waals surface area contributed by atoms with Gasteiger partial charge in [0, 0.05) is 0 Å². The molecular formula is C15H16N2O5S. The quantitative estimate of drug-likeness (QED) is 0.609. The predicted octanol–water partition coefficient (Wildman–Crippen LogP) is 1.66. The van der Waals surface area contributed by atoms with E-state index in [9.17, 15) is 19.2 Å². The largest absolute Gasteiger partial charge is 0.462 e. The lowest BCUT2D eigenvalue weighted by molar-refractivity contribution is -0.129. The van der Waals surface area contributed by atoms with Crippen molar-refractivity contribution >= 4 is 39.1 Å². The molecule has 23 heavy (non-hydrogen) atoms. The summed E-state index contributed by atoms with van der Waals surface area (Å²) < 4.78 is 5.97. The third-order valence-electron chi connectivity index (χ3n) is 3.39. The number of carbonyl (C=O) groups is 3. The zero-order valence-electron chi connectivity index (χ0n) is 13.2. The summed E-state index contributed by atoms with van der Waals surface area (Å²) >= 11 is 1.05. The van der Waals surface area contributed by atoms with Gasteiger partial charge in [0.25, 0.3) is 5.56 Å². The van der Waals surface area contributed by atoms with Crippen molar-refractivity contribution in [1.29, 1.82) is 0 Å². The standard InChI is InChI=1S/C15H16N2O5S/c1-5-22-15(21)12-7(2)10-13(23-12)16-6-17(14(10)20)11(8(3)18)9(4)19/h6,11H,5H2,1-4H3. The summed E-state index contributed by atoms with van der Waals surface area (Å²) in [6, 6.07) is -1.20. The lowest BCUT2D eigenvalue weighted by atomic mass is 10.1. The highest BCUT2D eigenvalue weighted by Crippen LogP contribution is 2.27. The van der Waals surface area contributed by atoms with Crippen LogP contribution < -0.4 is 5.56 Å². The van der Waals surface area contributed by atoms with Gasteiger partial charge in [-0.1, -0.05) is 0 Å². The molecule has 7 nitrogen and oxygen atoms in total. The van der Waals surface area contributed by atoms with E-state index in [2.05, 4.69) is 4.98 Å². The highest BCUT2D eigenvalue weighted by atomic mass is 32.1. The first kappa shape index (κ1) is 17.0. The van der Waals surface area contributed by atoms with Crippen molar-refractivity contribution in [2.75, 3.05) is 6.61 Å². The molecule has 0 fully saturated rings. The molecular weight excluding hydrogens is 320 g/mol. The van der Waals surface area contributed by atoms with Gasteiger partial charge in [0.2, 0.25) is 0 Å². The summed E-state index contributed by atoms with van der Waals surface area (Å²) in [5.74, 6) is -1.41. The summed E-state index contributed by atoms with van der Waals surface area (Å²) in [5, 5.41) is 0.230. The Balaban J connectivity index is 2.70. The number of carbonyl (C=O) groups excluding carboxylic acids is 3. The van der Waals surface area contributed by atoms with Crippen LogP contribution in [0.3, 0.4) is 0 Å². The Morgan fingerprint density at radius 1 is 1.30 bits per heavy atom. The Labute approximate surface area is 135 Å². The van der Waals surface area contributed by atoms with Crippen molar-refractivity contribution in [3.05, 3.63) is 27.1 Å². The van der Waals surface area contributed by atoms with E-state index in [0.29, 0.717) is 15.3 Å². The minimum absolute atomic E-state index is 0.223. The van der Waals surface area contributed by atoms with E-state index in [-0.39, 0.29) is 12.0 Å². The maximum absolute atomic E-state index is 12.7.